The van der Waals surface area contributed by atoms with Gasteiger partial charge in [0.05, 0.1) is 6.54 Å². The van der Waals surface area contributed by atoms with Gasteiger partial charge in [-0.15, -0.1) is 5.06 Å². The van der Waals surface area contributed by atoms with Crippen molar-refractivity contribution < 1.29 is 23.5 Å². The van der Waals surface area contributed by atoms with Gasteiger partial charge in [0, 0.05) is 43.2 Å². The van der Waals surface area contributed by atoms with Crippen LogP contribution in [0.15, 0.2) is 59.1 Å². The van der Waals surface area contributed by atoms with Crippen LogP contribution in [0.3, 0.4) is 0 Å². The zero-order valence-electron chi connectivity index (χ0n) is 25.0. The van der Waals surface area contributed by atoms with Gasteiger partial charge in [-0.25, -0.2) is 0 Å². The summed E-state index contributed by atoms with van der Waals surface area (Å²) in [5.41, 5.74) is 3.16. The van der Waals surface area contributed by atoms with Crippen molar-refractivity contribution in [2.45, 2.75) is 51.2 Å². The Morgan fingerprint density at radius 3 is 2.80 bits per heavy atom. The first-order valence-electron chi connectivity index (χ1n) is 15.6. The van der Waals surface area contributed by atoms with Crippen LogP contribution in [0.25, 0.3) is 11.1 Å². The number of pyridine rings is 1. The van der Waals surface area contributed by atoms with Crippen molar-refractivity contribution in [1.82, 2.24) is 25.2 Å². The van der Waals surface area contributed by atoms with E-state index in [9.17, 15) is 4.79 Å². The zero-order chi connectivity index (χ0) is 29.9. The predicted molar refractivity (Wildman–Crippen MR) is 165 cm³/mol. The van der Waals surface area contributed by atoms with Gasteiger partial charge < -0.3 is 34.3 Å². The third-order valence-electron chi connectivity index (χ3n) is 8.42. The van der Waals surface area contributed by atoms with E-state index in [1.807, 2.05) is 36.3 Å². The number of nitrogens with zero attached hydrogens (tertiary/aromatic N) is 4. The van der Waals surface area contributed by atoms with Gasteiger partial charge in [-0.05, 0) is 94.9 Å². The van der Waals surface area contributed by atoms with Crippen molar-refractivity contribution in [3.63, 3.8) is 0 Å². The van der Waals surface area contributed by atoms with Crippen molar-refractivity contribution in [2.24, 2.45) is 0 Å². The van der Waals surface area contributed by atoms with E-state index in [-0.39, 0.29) is 11.6 Å². The van der Waals surface area contributed by atoms with Crippen molar-refractivity contribution in [3.05, 3.63) is 66.0 Å². The molecule has 11 heteroatoms. The third kappa shape index (κ3) is 6.50. The summed E-state index contributed by atoms with van der Waals surface area (Å²) in [5.74, 6) is 1.65. The van der Waals surface area contributed by atoms with Crippen LogP contribution in [0.1, 0.15) is 54.6 Å². The Balaban J connectivity index is 0.945. The Kier molecular flexibility index (Phi) is 8.07. The van der Waals surface area contributed by atoms with E-state index in [4.69, 9.17) is 18.7 Å². The Labute approximate surface area is 256 Å². The van der Waals surface area contributed by atoms with Crippen LogP contribution in [0.5, 0.6) is 17.2 Å². The minimum Gasteiger partial charge on any atom is -0.457 e. The molecular formula is C33H38N6O5. The molecule has 11 nitrogen and oxygen atoms in total. The molecular weight excluding hydrogens is 560 g/mol. The van der Waals surface area contributed by atoms with Crippen molar-refractivity contribution in [1.29, 1.82) is 0 Å². The molecule has 2 aromatic heterocycles. The number of rotatable bonds is 12. The molecule has 3 aliphatic rings. The number of anilines is 2. The number of benzene rings is 2. The minimum absolute atomic E-state index is 0.204. The molecule has 44 heavy (non-hydrogen) atoms. The Morgan fingerprint density at radius 2 is 1.93 bits per heavy atom. The second-order valence-corrected chi connectivity index (χ2v) is 11.8. The van der Waals surface area contributed by atoms with E-state index in [2.05, 4.69) is 25.5 Å². The molecule has 0 bridgehead atoms. The number of oxazole rings is 1. The highest BCUT2D eigenvalue weighted by Crippen LogP contribution is 2.43. The molecule has 0 aliphatic carbocycles. The highest BCUT2D eigenvalue weighted by molar-refractivity contribution is 5.92. The average molecular weight is 599 g/mol. The standard InChI is InChI=1S/C33H38N6O5/c1-23-7-8-24(19-30(23)44-39-22-33(39)12-6-18-41-33)36-32-37-27-20-25(9-10-29(27)43-32)42-26-11-14-34-28(21-26)31(40)35-13-2-3-15-38-16-4-5-17-38/h7-11,14,19-21H,2-6,12-13,15-18,22H2,1H3,(H,35,40)(H,36,37). The lowest BCUT2D eigenvalue weighted by Gasteiger charge is -2.14. The van der Waals surface area contributed by atoms with Gasteiger partial charge in [-0.3, -0.25) is 9.78 Å². The first-order valence-corrected chi connectivity index (χ1v) is 15.6. The second kappa shape index (κ2) is 12.4. The zero-order valence-corrected chi connectivity index (χ0v) is 25.0. The van der Waals surface area contributed by atoms with Gasteiger partial charge >= 0.3 is 0 Å². The molecule has 1 amide bonds. The summed E-state index contributed by atoms with van der Waals surface area (Å²) < 4.78 is 17.9. The highest BCUT2D eigenvalue weighted by Gasteiger charge is 2.58. The summed E-state index contributed by atoms with van der Waals surface area (Å²) >= 11 is 0. The van der Waals surface area contributed by atoms with E-state index < -0.39 is 0 Å². The van der Waals surface area contributed by atoms with Crippen molar-refractivity contribution >= 4 is 28.7 Å². The topological polar surface area (TPSA) is 114 Å². The molecule has 3 saturated heterocycles. The number of nitrogens with one attached hydrogen (secondary N) is 2. The number of ether oxygens (including phenoxy) is 2. The molecule has 1 spiro atoms. The number of unbranched alkanes of at least 4 members (excludes halogenated alkanes) is 1. The van der Waals surface area contributed by atoms with Gasteiger partial charge in [-0.2, -0.15) is 4.98 Å². The molecule has 2 unspecified atom stereocenters. The third-order valence-corrected chi connectivity index (χ3v) is 8.42. The lowest BCUT2D eigenvalue weighted by Crippen LogP contribution is -2.26. The SMILES string of the molecule is Cc1ccc(Nc2nc3cc(Oc4ccnc(C(=O)NCCCCN5CCCC5)c4)ccc3o2)cc1ON1CC12CCCO2. The predicted octanol–water partition coefficient (Wildman–Crippen LogP) is 5.79. The molecule has 4 aromatic rings. The number of fused-ring (bicyclic) bond motifs is 1. The van der Waals surface area contributed by atoms with E-state index in [1.165, 1.54) is 25.9 Å². The quantitative estimate of drug-likeness (QED) is 0.153. The molecule has 0 radical (unpaired) electrons. The summed E-state index contributed by atoms with van der Waals surface area (Å²) in [4.78, 5) is 30.1. The summed E-state index contributed by atoms with van der Waals surface area (Å²) in [6, 6.07) is 15.0. The maximum Gasteiger partial charge on any atom is 0.300 e. The molecule has 5 heterocycles. The van der Waals surface area contributed by atoms with Gasteiger partial charge in [0.2, 0.25) is 0 Å². The number of aryl methyl sites for hydroxylation is 1. The molecule has 2 aromatic carbocycles. The fraction of sp³-hybridized carbons (Fsp3) is 0.424. The number of hydroxylamine groups is 2. The number of carbonyl (C=O) groups excluding carboxylic acids is 1. The number of carbonyl (C=O) groups is 1. The van der Waals surface area contributed by atoms with Crippen LogP contribution < -0.4 is 20.2 Å². The summed E-state index contributed by atoms with van der Waals surface area (Å²) in [5, 5.41) is 8.12. The van der Waals surface area contributed by atoms with Gasteiger partial charge in [0.25, 0.3) is 11.9 Å². The number of hydrogen-bond acceptors (Lipinski definition) is 10. The van der Waals surface area contributed by atoms with Crippen molar-refractivity contribution in [3.8, 4) is 17.2 Å². The van der Waals surface area contributed by atoms with Crippen LogP contribution in [0, 0.1) is 6.92 Å². The maximum atomic E-state index is 12.7. The largest absolute Gasteiger partial charge is 0.457 e. The van der Waals surface area contributed by atoms with Crippen molar-refractivity contribution in [2.75, 3.05) is 44.6 Å². The van der Waals surface area contributed by atoms with Gasteiger partial charge in [0.1, 0.15) is 22.7 Å². The normalized spacial score (nSPS) is 21.2. The lowest BCUT2D eigenvalue weighted by molar-refractivity contribution is -0.0685. The highest BCUT2D eigenvalue weighted by atomic mass is 16.8. The van der Waals surface area contributed by atoms with Gasteiger partial charge in [-0.1, -0.05) is 6.07 Å². The first kappa shape index (κ1) is 28.6. The van der Waals surface area contributed by atoms with Crippen LogP contribution >= 0.6 is 0 Å². The maximum absolute atomic E-state index is 12.7. The molecule has 3 aliphatic heterocycles. The number of likely N-dealkylation sites (tertiary alicyclic amines) is 1. The monoisotopic (exact) mass is 598 g/mol. The average Bonchev–Trinajstić information content (AvgIpc) is 3.49. The Morgan fingerprint density at radius 1 is 1.05 bits per heavy atom. The summed E-state index contributed by atoms with van der Waals surface area (Å²) in [6.07, 6.45) is 8.25. The van der Waals surface area contributed by atoms with Gasteiger partial charge in [0.15, 0.2) is 17.1 Å². The smallest absolute Gasteiger partial charge is 0.300 e. The fourth-order valence-corrected chi connectivity index (χ4v) is 5.85. The van der Waals surface area contributed by atoms with E-state index in [0.717, 1.165) is 62.4 Å². The number of aromatic nitrogens is 2. The molecule has 2 N–H and O–H groups in total. The minimum atomic E-state index is -0.243. The molecule has 7 rings (SSSR count). The summed E-state index contributed by atoms with van der Waals surface area (Å²) in [6.45, 7) is 7.71. The lowest BCUT2D eigenvalue weighted by atomic mass is 10.2. The molecule has 230 valence electrons. The fourth-order valence-electron chi connectivity index (χ4n) is 5.85. The van der Waals surface area contributed by atoms with Crippen LogP contribution in [0.4, 0.5) is 11.7 Å². The molecule has 2 atom stereocenters. The second-order valence-electron chi connectivity index (χ2n) is 11.8. The Hall–Kier alpha value is -4.19. The first-order chi connectivity index (χ1) is 21.5. The van der Waals surface area contributed by atoms with Crippen LogP contribution in [-0.4, -0.2) is 70.9 Å². The Bertz CT molecular complexity index is 1630. The summed E-state index contributed by atoms with van der Waals surface area (Å²) in [7, 11) is 0. The van der Waals surface area contributed by atoms with E-state index in [0.29, 0.717) is 40.9 Å². The number of amides is 1. The van der Waals surface area contributed by atoms with E-state index >= 15 is 0 Å². The number of hydrogen-bond donors (Lipinski definition) is 2. The van der Waals surface area contributed by atoms with E-state index in [1.54, 1.807) is 30.5 Å². The molecule has 3 fully saturated rings. The van der Waals surface area contributed by atoms with Crippen LogP contribution in [0.2, 0.25) is 0 Å². The molecule has 0 saturated carbocycles. The van der Waals surface area contributed by atoms with Crippen LogP contribution in [-0.2, 0) is 4.74 Å².